The fourth-order valence-electron chi connectivity index (χ4n) is 3.26. The maximum atomic E-state index is 5.52. The minimum absolute atomic E-state index is 0.856. The van der Waals surface area contributed by atoms with Crippen LogP contribution in [-0.2, 0) is 0 Å². The third kappa shape index (κ3) is 10.5. The molecular weight excluding hydrogens is 272 g/mol. The normalized spacial score (nSPS) is 17.2. The predicted octanol–water partition coefficient (Wildman–Crippen LogP) is 2.42. The molecule has 4 heteroatoms. The van der Waals surface area contributed by atoms with Crippen molar-refractivity contribution < 1.29 is 0 Å². The number of hydrogen-bond donors (Lipinski definition) is 2. The van der Waals surface area contributed by atoms with E-state index in [2.05, 4.69) is 9.80 Å². The van der Waals surface area contributed by atoms with E-state index in [1.54, 1.807) is 0 Å². The summed E-state index contributed by atoms with van der Waals surface area (Å²) in [5.41, 5.74) is 11.0. The zero-order valence-corrected chi connectivity index (χ0v) is 14.8. The monoisotopic (exact) mass is 312 g/mol. The largest absolute Gasteiger partial charge is 0.330 e. The standard InChI is InChI=1S/C18H40N4/c19-11-7-3-1-5-9-13-21-15-17-22(18-16-21)14-10-6-2-4-8-12-20/h1-20H2. The van der Waals surface area contributed by atoms with Crippen molar-refractivity contribution in [1.29, 1.82) is 0 Å². The minimum Gasteiger partial charge on any atom is -0.330 e. The van der Waals surface area contributed by atoms with Crippen LogP contribution in [0.2, 0.25) is 0 Å². The van der Waals surface area contributed by atoms with Gasteiger partial charge >= 0.3 is 0 Å². The van der Waals surface area contributed by atoms with E-state index in [4.69, 9.17) is 11.5 Å². The molecule has 132 valence electrons. The van der Waals surface area contributed by atoms with Crippen LogP contribution in [0.15, 0.2) is 0 Å². The van der Waals surface area contributed by atoms with Gasteiger partial charge < -0.3 is 21.3 Å². The third-order valence-electron chi connectivity index (χ3n) is 4.82. The molecule has 4 N–H and O–H groups in total. The molecule has 0 radical (unpaired) electrons. The van der Waals surface area contributed by atoms with Gasteiger partial charge in [0.05, 0.1) is 0 Å². The molecule has 1 rings (SSSR count). The Morgan fingerprint density at radius 2 is 0.773 bits per heavy atom. The van der Waals surface area contributed by atoms with Crippen molar-refractivity contribution in [3.8, 4) is 0 Å². The number of nitrogens with zero attached hydrogens (tertiary/aromatic N) is 2. The molecule has 0 spiro atoms. The molecule has 0 amide bonds. The summed E-state index contributed by atoms with van der Waals surface area (Å²) in [4.78, 5) is 5.31. The molecule has 4 nitrogen and oxygen atoms in total. The summed E-state index contributed by atoms with van der Waals surface area (Å²) in [5.74, 6) is 0. The summed E-state index contributed by atoms with van der Waals surface area (Å²) >= 11 is 0. The van der Waals surface area contributed by atoms with Crippen LogP contribution in [0.3, 0.4) is 0 Å². The summed E-state index contributed by atoms with van der Waals surface area (Å²) in [7, 11) is 0. The van der Waals surface area contributed by atoms with Crippen LogP contribution in [0.4, 0.5) is 0 Å². The van der Waals surface area contributed by atoms with Gasteiger partial charge in [-0.05, 0) is 51.9 Å². The Balaban J connectivity index is 1.88. The molecule has 1 fully saturated rings. The van der Waals surface area contributed by atoms with Crippen molar-refractivity contribution in [3.63, 3.8) is 0 Å². The lowest BCUT2D eigenvalue weighted by Gasteiger charge is -2.34. The predicted molar refractivity (Wildman–Crippen MR) is 97.2 cm³/mol. The Bertz CT molecular complexity index is 203. The molecule has 1 aliphatic heterocycles. The highest BCUT2D eigenvalue weighted by Gasteiger charge is 2.15. The Kier molecular flexibility index (Phi) is 13.0. The molecule has 1 heterocycles. The summed E-state index contributed by atoms with van der Waals surface area (Å²) < 4.78 is 0. The van der Waals surface area contributed by atoms with Crippen molar-refractivity contribution in [3.05, 3.63) is 0 Å². The van der Waals surface area contributed by atoms with Gasteiger partial charge in [-0.3, -0.25) is 0 Å². The highest BCUT2D eigenvalue weighted by atomic mass is 15.3. The average molecular weight is 313 g/mol. The van der Waals surface area contributed by atoms with E-state index >= 15 is 0 Å². The fraction of sp³-hybridized carbons (Fsp3) is 1.00. The number of unbranched alkanes of at least 4 members (excludes halogenated alkanes) is 8. The van der Waals surface area contributed by atoms with Crippen LogP contribution in [-0.4, -0.2) is 62.2 Å². The van der Waals surface area contributed by atoms with Crippen molar-refractivity contribution in [2.45, 2.75) is 64.2 Å². The van der Waals surface area contributed by atoms with Crippen LogP contribution >= 0.6 is 0 Å². The number of piperazine rings is 1. The number of rotatable bonds is 14. The van der Waals surface area contributed by atoms with Crippen molar-refractivity contribution in [2.75, 3.05) is 52.4 Å². The highest BCUT2D eigenvalue weighted by Crippen LogP contribution is 2.09. The Morgan fingerprint density at radius 1 is 0.455 bits per heavy atom. The second kappa shape index (κ2) is 14.4. The van der Waals surface area contributed by atoms with E-state index in [9.17, 15) is 0 Å². The Labute approximate surface area is 138 Å². The molecular formula is C18H40N4. The van der Waals surface area contributed by atoms with Crippen LogP contribution in [0, 0.1) is 0 Å². The van der Waals surface area contributed by atoms with E-state index in [0.717, 1.165) is 13.1 Å². The van der Waals surface area contributed by atoms with Crippen LogP contribution in [0.25, 0.3) is 0 Å². The van der Waals surface area contributed by atoms with Gasteiger partial charge in [-0.25, -0.2) is 0 Å². The Hall–Kier alpha value is -0.160. The van der Waals surface area contributed by atoms with Crippen molar-refractivity contribution in [1.82, 2.24) is 9.80 Å². The highest BCUT2D eigenvalue weighted by molar-refractivity contribution is 4.71. The van der Waals surface area contributed by atoms with Gasteiger partial charge in [0.1, 0.15) is 0 Å². The van der Waals surface area contributed by atoms with E-state index in [1.165, 1.54) is 103 Å². The van der Waals surface area contributed by atoms with Crippen LogP contribution < -0.4 is 11.5 Å². The third-order valence-corrected chi connectivity index (χ3v) is 4.82. The smallest absolute Gasteiger partial charge is 0.0110 e. The zero-order valence-electron chi connectivity index (χ0n) is 14.8. The van der Waals surface area contributed by atoms with Crippen molar-refractivity contribution >= 4 is 0 Å². The van der Waals surface area contributed by atoms with Crippen LogP contribution in [0.5, 0.6) is 0 Å². The van der Waals surface area contributed by atoms with Gasteiger partial charge in [0.15, 0.2) is 0 Å². The van der Waals surface area contributed by atoms with Gasteiger partial charge in [0.2, 0.25) is 0 Å². The van der Waals surface area contributed by atoms with Gasteiger partial charge in [-0.15, -0.1) is 0 Å². The summed E-state index contributed by atoms with van der Waals surface area (Å²) in [6.07, 6.45) is 13.2. The lowest BCUT2D eigenvalue weighted by Crippen LogP contribution is -2.46. The summed E-state index contributed by atoms with van der Waals surface area (Å²) in [6.45, 7) is 9.41. The number of nitrogens with two attached hydrogens (primary N) is 2. The Morgan fingerprint density at radius 3 is 1.14 bits per heavy atom. The minimum atomic E-state index is 0.856. The van der Waals surface area contributed by atoms with E-state index in [1.807, 2.05) is 0 Å². The molecule has 22 heavy (non-hydrogen) atoms. The molecule has 0 aromatic carbocycles. The molecule has 0 aromatic rings. The first-order valence-corrected chi connectivity index (χ1v) is 9.71. The lowest BCUT2D eigenvalue weighted by molar-refractivity contribution is 0.129. The molecule has 0 atom stereocenters. The molecule has 1 aliphatic rings. The SMILES string of the molecule is NCCCCCCCN1CCN(CCCCCCCN)CC1. The maximum Gasteiger partial charge on any atom is 0.0110 e. The quantitative estimate of drug-likeness (QED) is 0.484. The zero-order chi connectivity index (χ0) is 15.9. The second-order valence-corrected chi connectivity index (χ2v) is 6.80. The fourth-order valence-corrected chi connectivity index (χ4v) is 3.26. The summed E-state index contributed by atoms with van der Waals surface area (Å²) in [5, 5.41) is 0. The molecule has 0 unspecified atom stereocenters. The van der Waals surface area contributed by atoms with Crippen molar-refractivity contribution in [2.24, 2.45) is 11.5 Å². The van der Waals surface area contributed by atoms with Gasteiger partial charge in [-0.1, -0.05) is 38.5 Å². The van der Waals surface area contributed by atoms with E-state index in [-0.39, 0.29) is 0 Å². The van der Waals surface area contributed by atoms with Gasteiger partial charge in [0.25, 0.3) is 0 Å². The molecule has 0 bridgehead atoms. The van der Waals surface area contributed by atoms with Gasteiger partial charge in [0, 0.05) is 26.2 Å². The van der Waals surface area contributed by atoms with Gasteiger partial charge in [-0.2, -0.15) is 0 Å². The van der Waals surface area contributed by atoms with E-state index < -0.39 is 0 Å². The average Bonchev–Trinajstić information content (AvgIpc) is 2.55. The molecule has 0 aliphatic carbocycles. The lowest BCUT2D eigenvalue weighted by atomic mass is 10.1. The second-order valence-electron chi connectivity index (χ2n) is 6.80. The first kappa shape index (κ1) is 19.9. The first-order valence-electron chi connectivity index (χ1n) is 9.71. The molecule has 1 saturated heterocycles. The van der Waals surface area contributed by atoms with Crippen LogP contribution in [0.1, 0.15) is 64.2 Å². The molecule has 0 aromatic heterocycles. The summed E-state index contributed by atoms with van der Waals surface area (Å²) in [6, 6.07) is 0. The maximum absolute atomic E-state index is 5.52. The number of hydrogen-bond acceptors (Lipinski definition) is 4. The first-order chi connectivity index (χ1) is 10.9. The molecule has 0 saturated carbocycles. The van der Waals surface area contributed by atoms with E-state index in [0.29, 0.717) is 0 Å². The topological polar surface area (TPSA) is 58.5 Å².